The van der Waals surface area contributed by atoms with Crippen molar-refractivity contribution in [3.63, 3.8) is 0 Å². The maximum absolute atomic E-state index is 11.0. The lowest BCUT2D eigenvalue weighted by Gasteiger charge is -2.13. The summed E-state index contributed by atoms with van der Waals surface area (Å²) >= 11 is 3.43. The molecule has 0 saturated heterocycles. The van der Waals surface area contributed by atoms with E-state index in [1.165, 1.54) is 16.7 Å². The van der Waals surface area contributed by atoms with Gasteiger partial charge in [0.05, 0.1) is 5.56 Å². The van der Waals surface area contributed by atoms with Gasteiger partial charge < -0.3 is 10.4 Å². The minimum Gasteiger partial charge on any atom is -0.478 e. The van der Waals surface area contributed by atoms with E-state index < -0.39 is 5.97 Å². The quantitative estimate of drug-likeness (QED) is 0.873. The first-order valence-electron chi connectivity index (χ1n) is 6.31. The predicted molar refractivity (Wildman–Crippen MR) is 84.3 cm³/mol. The molecule has 0 bridgehead atoms. The monoisotopic (exact) mass is 333 g/mol. The molecule has 2 aromatic rings. The normalized spacial score (nSPS) is 10.3. The Morgan fingerprint density at radius 3 is 2.45 bits per heavy atom. The first-order valence-corrected chi connectivity index (χ1v) is 7.10. The number of hydrogen-bond acceptors (Lipinski definition) is 2. The van der Waals surface area contributed by atoms with Crippen LogP contribution < -0.4 is 5.32 Å². The molecule has 0 spiro atoms. The number of benzene rings is 2. The summed E-state index contributed by atoms with van der Waals surface area (Å²) in [5.74, 6) is -0.923. The fourth-order valence-corrected chi connectivity index (χ4v) is 2.49. The molecule has 0 unspecified atom stereocenters. The molecular formula is C16H16BrNO2. The van der Waals surface area contributed by atoms with Crippen molar-refractivity contribution >= 4 is 27.6 Å². The van der Waals surface area contributed by atoms with Crippen LogP contribution >= 0.6 is 15.9 Å². The number of carbonyl (C=O) groups is 1. The van der Waals surface area contributed by atoms with Crippen molar-refractivity contribution in [1.82, 2.24) is 0 Å². The smallest absolute Gasteiger partial charge is 0.335 e. The van der Waals surface area contributed by atoms with Gasteiger partial charge in [-0.1, -0.05) is 18.2 Å². The van der Waals surface area contributed by atoms with Crippen LogP contribution in [0.2, 0.25) is 0 Å². The van der Waals surface area contributed by atoms with Crippen LogP contribution in [0.5, 0.6) is 0 Å². The largest absolute Gasteiger partial charge is 0.478 e. The van der Waals surface area contributed by atoms with Crippen LogP contribution in [0.3, 0.4) is 0 Å². The number of nitrogens with one attached hydrogen (secondary N) is 1. The summed E-state index contributed by atoms with van der Waals surface area (Å²) in [4.78, 5) is 11.0. The molecule has 2 N–H and O–H groups in total. The van der Waals surface area contributed by atoms with E-state index in [2.05, 4.69) is 47.2 Å². The van der Waals surface area contributed by atoms with Gasteiger partial charge in [0.1, 0.15) is 0 Å². The first kappa shape index (κ1) is 14.6. The molecule has 0 saturated carbocycles. The number of aryl methyl sites for hydroxylation is 2. The number of aromatic carboxylic acids is 1. The van der Waals surface area contributed by atoms with Gasteiger partial charge >= 0.3 is 5.97 Å². The number of carboxylic acid groups (broad SMARTS) is 1. The van der Waals surface area contributed by atoms with Gasteiger partial charge in [-0.15, -0.1) is 0 Å². The molecule has 3 nitrogen and oxygen atoms in total. The van der Waals surface area contributed by atoms with Crippen LogP contribution in [0.25, 0.3) is 0 Å². The van der Waals surface area contributed by atoms with Crippen molar-refractivity contribution < 1.29 is 9.90 Å². The Morgan fingerprint density at radius 2 is 1.85 bits per heavy atom. The van der Waals surface area contributed by atoms with E-state index >= 15 is 0 Å². The van der Waals surface area contributed by atoms with Gasteiger partial charge in [0.2, 0.25) is 0 Å². The van der Waals surface area contributed by atoms with E-state index in [1.807, 2.05) is 6.07 Å². The van der Waals surface area contributed by atoms with E-state index in [-0.39, 0.29) is 5.56 Å². The minimum absolute atomic E-state index is 0.275. The molecule has 2 rings (SSSR count). The van der Waals surface area contributed by atoms with Crippen LogP contribution in [-0.2, 0) is 6.54 Å². The molecule has 0 radical (unpaired) electrons. The zero-order valence-electron chi connectivity index (χ0n) is 11.4. The van der Waals surface area contributed by atoms with E-state index in [9.17, 15) is 4.79 Å². The number of hydrogen-bond donors (Lipinski definition) is 2. The summed E-state index contributed by atoms with van der Waals surface area (Å²) in [5.41, 5.74) is 4.75. The van der Waals surface area contributed by atoms with Gasteiger partial charge in [-0.05, 0) is 64.7 Å². The second-order valence-corrected chi connectivity index (χ2v) is 5.58. The standard InChI is InChI=1S/C16H16BrNO2/c1-10-4-3-5-11(2)13(10)9-18-15-8-12(16(19)20)6-7-14(15)17/h3-8,18H,9H2,1-2H3,(H,19,20). The van der Waals surface area contributed by atoms with Gasteiger partial charge in [0.25, 0.3) is 0 Å². The van der Waals surface area contributed by atoms with Crippen molar-refractivity contribution in [2.75, 3.05) is 5.32 Å². The molecule has 0 aliphatic heterocycles. The zero-order valence-corrected chi connectivity index (χ0v) is 13.0. The van der Waals surface area contributed by atoms with Gasteiger partial charge in [-0.2, -0.15) is 0 Å². The lowest BCUT2D eigenvalue weighted by molar-refractivity contribution is 0.0697. The van der Waals surface area contributed by atoms with Crippen molar-refractivity contribution in [3.8, 4) is 0 Å². The molecule has 0 fully saturated rings. The highest BCUT2D eigenvalue weighted by molar-refractivity contribution is 9.10. The van der Waals surface area contributed by atoms with Crippen molar-refractivity contribution in [1.29, 1.82) is 0 Å². The van der Waals surface area contributed by atoms with Crippen molar-refractivity contribution in [2.45, 2.75) is 20.4 Å². The molecule has 0 aromatic heterocycles. The summed E-state index contributed by atoms with van der Waals surface area (Å²) in [6.07, 6.45) is 0. The number of carboxylic acids is 1. The zero-order chi connectivity index (χ0) is 14.7. The molecule has 4 heteroatoms. The Balaban J connectivity index is 2.23. The maximum atomic E-state index is 11.0. The molecule has 0 heterocycles. The van der Waals surface area contributed by atoms with Crippen molar-refractivity contribution in [3.05, 3.63) is 63.1 Å². The summed E-state index contributed by atoms with van der Waals surface area (Å²) in [6, 6.07) is 11.2. The third kappa shape index (κ3) is 3.20. The van der Waals surface area contributed by atoms with Crippen LogP contribution in [0, 0.1) is 13.8 Å². The Morgan fingerprint density at radius 1 is 1.20 bits per heavy atom. The predicted octanol–water partition coefficient (Wildman–Crippen LogP) is 4.38. The fraction of sp³-hybridized carbons (Fsp3) is 0.188. The molecule has 2 aromatic carbocycles. The van der Waals surface area contributed by atoms with Crippen LogP contribution in [0.15, 0.2) is 40.9 Å². The second-order valence-electron chi connectivity index (χ2n) is 4.72. The van der Waals surface area contributed by atoms with E-state index in [0.29, 0.717) is 6.54 Å². The molecular weight excluding hydrogens is 318 g/mol. The molecule has 0 amide bonds. The average Bonchev–Trinajstić information content (AvgIpc) is 2.39. The molecule has 0 aliphatic carbocycles. The molecule has 20 heavy (non-hydrogen) atoms. The summed E-state index contributed by atoms with van der Waals surface area (Å²) < 4.78 is 0.855. The highest BCUT2D eigenvalue weighted by atomic mass is 79.9. The van der Waals surface area contributed by atoms with Crippen LogP contribution in [0.4, 0.5) is 5.69 Å². The molecule has 0 atom stereocenters. The Labute approximate surface area is 126 Å². The lowest BCUT2D eigenvalue weighted by atomic mass is 10.0. The second kappa shape index (κ2) is 6.09. The summed E-state index contributed by atoms with van der Waals surface area (Å²) in [5, 5.41) is 12.3. The first-order chi connectivity index (χ1) is 9.49. The summed E-state index contributed by atoms with van der Waals surface area (Å²) in [6.45, 7) is 4.82. The van der Waals surface area contributed by atoms with Crippen molar-refractivity contribution in [2.24, 2.45) is 0 Å². The highest BCUT2D eigenvalue weighted by Crippen LogP contribution is 2.25. The Kier molecular flexibility index (Phi) is 4.45. The van der Waals surface area contributed by atoms with Gasteiger partial charge in [-0.25, -0.2) is 4.79 Å². The Hall–Kier alpha value is -1.81. The number of halogens is 1. The minimum atomic E-state index is -0.923. The lowest BCUT2D eigenvalue weighted by Crippen LogP contribution is -2.05. The van der Waals surface area contributed by atoms with E-state index in [0.717, 1.165) is 10.2 Å². The van der Waals surface area contributed by atoms with Gasteiger partial charge in [0.15, 0.2) is 0 Å². The van der Waals surface area contributed by atoms with Crippen LogP contribution in [-0.4, -0.2) is 11.1 Å². The van der Waals surface area contributed by atoms with Gasteiger partial charge in [0, 0.05) is 16.7 Å². The SMILES string of the molecule is Cc1cccc(C)c1CNc1cc(C(=O)O)ccc1Br. The molecule has 0 aliphatic rings. The maximum Gasteiger partial charge on any atom is 0.335 e. The Bertz CT molecular complexity index is 633. The number of anilines is 1. The highest BCUT2D eigenvalue weighted by Gasteiger charge is 2.08. The summed E-state index contributed by atoms with van der Waals surface area (Å²) in [7, 11) is 0. The van der Waals surface area contributed by atoms with E-state index in [1.54, 1.807) is 18.2 Å². The third-order valence-electron chi connectivity index (χ3n) is 3.31. The fourth-order valence-electron chi connectivity index (χ4n) is 2.11. The van der Waals surface area contributed by atoms with Gasteiger partial charge in [-0.3, -0.25) is 0 Å². The number of rotatable bonds is 4. The average molecular weight is 334 g/mol. The molecule has 104 valence electrons. The van der Waals surface area contributed by atoms with E-state index in [4.69, 9.17) is 5.11 Å². The topological polar surface area (TPSA) is 49.3 Å². The van der Waals surface area contributed by atoms with Crippen LogP contribution in [0.1, 0.15) is 27.0 Å². The third-order valence-corrected chi connectivity index (χ3v) is 4.00.